The van der Waals surface area contributed by atoms with Gasteiger partial charge in [-0.15, -0.1) is 0 Å². The van der Waals surface area contributed by atoms with Crippen molar-refractivity contribution in [2.75, 3.05) is 6.54 Å². The number of imide groups is 1. The van der Waals surface area contributed by atoms with Crippen LogP contribution in [0.4, 0.5) is 0 Å². The van der Waals surface area contributed by atoms with Gasteiger partial charge in [0, 0.05) is 19.5 Å². The minimum atomic E-state index is -0.255. The van der Waals surface area contributed by atoms with Crippen molar-refractivity contribution >= 4 is 11.8 Å². The van der Waals surface area contributed by atoms with Crippen LogP contribution >= 0.6 is 0 Å². The summed E-state index contributed by atoms with van der Waals surface area (Å²) < 4.78 is 0. The van der Waals surface area contributed by atoms with Crippen LogP contribution in [0.15, 0.2) is 60.7 Å². The quantitative estimate of drug-likeness (QED) is 0.833. The van der Waals surface area contributed by atoms with Gasteiger partial charge in [-0.2, -0.15) is 0 Å². The summed E-state index contributed by atoms with van der Waals surface area (Å²) in [5.41, 5.74) is 2.15. The summed E-state index contributed by atoms with van der Waals surface area (Å²) in [5.74, 6) is -0.403. The van der Waals surface area contributed by atoms with Gasteiger partial charge in [-0.1, -0.05) is 60.7 Å². The highest BCUT2D eigenvalue weighted by Gasteiger charge is 2.37. The molecule has 0 aromatic heterocycles. The van der Waals surface area contributed by atoms with E-state index in [1.54, 1.807) is 0 Å². The first-order valence-corrected chi connectivity index (χ1v) is 7.87. The third-order valence-corrected chi connectivity index (χ3v) is 4.08. The predicted octanol–water partition coefficient (Wildman–Crippen LogP) is 2.35. The lowest BCUT2D eigenvalue weighted by atomic mass is 10.1. The normalized spacial score (nSPS) is 17.7. The van der Waals surface area contributed by atoms with Crippen molar-refractivity contribution in [1.82, 2.24) is 10.2 Å². The monoisotopic (exact) mass is 308 g/mol. The summed E-state index contributed by atoms with van der Waals surface area (Å²) in [5, 5.41) is 3.28. The number of benzene rings is 2. The maximum atomic E-state index is 12.4. The first-order chi connectivity index (χ1) is 11.2. The van der Waals surface area contributed by atoms with E-state index in [4.69, 9.17) is 0 Å². The molecular formula is C19H20N2O2. The fourth-order valence-electron chi connectivity index (χ4n) is 2.83. The summed E-state index contributed by atoms with van der Waals surface area (Å²) in [6, 6.07) is 19.7. The third-order valence-electron chi connectivity index (χ3n) is 4.08. The van der Waals surface area contributed by atoms with E-state index in [0.29, 0.717) is 26.1 Å². The Morgan fingerprint density at radius 3 is 2.17 bits per heavy atom. The zero-order valence-corrected chi connectivity index (χ0v) is 12.9. The van der Waals surface area contributed by atoms with Crippen LogP contribution < -0.4 is 5.32 Å². The van der Waals surface area contributed by atoms with Gasteiger partial charge >= 0.3 is 0 Å². The Bertz CT molecular complexity index is 670. The molecule has 2 amide bonds. The minimum absolute atomic E-state index is 0.0700. The fraction of sp³-hybridized carbons (Fsp3) is 0.263. The third kappa shape index (κ3) is 3.85. The molecule has 1 N–H and O–H groups in total. The van der Waals surface area contributed by atoms with Crippen molar-refractivity contribution in [3.05, 3.63) is 71.8 Å². The molecule has 118 valence electrons. The van der Waals surface area contributed by atoms with Crippen LogP contribution in [0.3, 0.4) is 0 Å². The Hall–Kier alpha value is -2.46. The van der Waals surface area contributed by atoms with E-state index in [0.717, 1.165) is 5.56 Å². The maximum absolute atomic E-state index is 12.4. The van der Waals surface area contributed by atoms with Gasteiger partial charge in [-0.05, 0) is 11.1 Å². The molecule has 4 heteroatoms. The molecule has 3 rings (SSSR count). The van der Waals surface area contributed by atoms with Gasteiger partial charge in [0.05, 0.1) is 12.5 Å². The largest absolute Gasteiger partial charge is 0.312 e. The molecule has 1 atom stereocenters. The lowest BCUT2D eigenvalue weighted by Crippen LogP contribution is -2.33. The molecule has 1 aliphatic heterocycles. The second kappa shape index (κ2) is 7.20. The molecular weight excluding hydrogens is 288 g/mol. The van der Waals surface area contributed by atoms with Crippen LogP contribution in [0.5, 0.6) is 0 Å². The Labute approximate surface area is 136 Å². The van der Waals surface area contributed by atoms with Crippen LogP contribution in [0.1, 0.15) is 17.5 Å². The zero-order valence-electron chi connectivity index (χ0n) is 12.9. The Kier molecular flexibility index (Phi) is 4.83. The Balaban J connectivity index is 1.54. The number of nitrogens with zero attached hydrogens (tertiary/aromatic N) is 1. The van der Waals surface area contributed by atoms with E-state index in [1.807, 2.05) is 60.7 Å². The SMILES string of the molecule is O=C1CC(CNCc2ccccc2)C(=O)N1Cc1ccccc1. The average Bonchev–Trinajstić information content (AvgIpc) is 2.85. The molecule has 0 saturated carbocycles. The minimum Gasteiger partial charge on any atom is -0.312 e. The molecule has 1 aliphatic rings. The van der Waals surface area contributed by atoms with E-state index in [2.05, 4.69) is 5.32 Å². The fourth-order valence-corrected chi connectivity index (χ4v) is 2.83. The number of nitrogens with one attached hydrogen (secondary N) is 1. The molecule has 0 bridgehead atoms. The van der Waals surface area contributed by atoms with Gasteiger partial charge in [0.2, 0.25) is 11.8 Å². The van der Waals surface area contributed by atoms with E-state index in [9.17, 15) is 9.59 Å². The van der Waals surface area contributed by atoms with Crippen LogP contribution in [-0.4, -0.2) is 23.3 Å². The number of carbonyl (C=O) groups excluding carboxylic acids is 2. The molecule has 0 radical (unpaired) electrons. The topological polar surface area (TPSA) is 49.4 Å². The highest BCUT2D eigenvalue weighted by atomic mass is 16.2. The summed E-state index contributed by atoms with van der Waals surface area (Å²) in [6.07, 6.45) is 0.299. The standard InChI is InChI=1S/C19H20N2O2/c22-18-11-17(13-20-12-15-7-3-1-4-8-15)19(23)21(18)14-16-9-5-2-6-10-16/h1-10,17,20H,11-14H2. The second-order valence-corrected chi connectivity index (χ2v) is 5.82. The van der Waals surface area contributed by atoms with Crippen molar-refractivity contribution in [3.8, 4) is 0 Å². The summed E-state index contributed by atoms with van der Waals surface area (Å²) >= 11 is 0. The van der Waals surface area contributed by atoms with Crippen LogP contribution in [0.25, 0.3) is 0 Å². The maximum Gasteiger partial charge on any atom is 0.234 e. The summed E-state index contributed by atoms with van der Waals surface area (Å²) in [7, 11) is 0. The molecule has 1 unspecified atom stereocenters. The molecule has 1 saturated heterocycles. The highest BCUT2D eigenvalue weighted by molar-refractivity contribution is 6.03. The van der Waals surface area contributed by atoms with Gasteiger partial charge in [-0.3, -0.25) is 14.5 Å². The van der Waals surface area contributed by atoms with Gasteiger partial charge < -0.3 is 5.32 Å². The van der Waals surface area contributed by atoms with E-state index in [-0.39, 0.29) is 17.7 Å². The van der Waals surface area contributed by atoms with E-state index >= 15 is 0 Å². The number of hydrogen-bond acceptors (Lipinski definition) is 3. The van der Waals surface area contributed by atoms with Crippen molar-refractivity contribution in [2.24, 2.45) is 5.92 Å². The van der Waals surface area contributed by atoms with Gasteiger partial charge in [-0.25, -0.2) is 0 Å². The van der Waals surface area contributed by atoms with Gasteiger partial charge in [0.25, 0.3) is 0 Å². The number of amides is 2. The second-order valence-electron chi connectivity index (χ2n) is 5.82. The van der Waals surface area contributed by atoms with Crippen molar-refractivity contribution in [2.45, 2.75) is 19.5 Å². The number of carbonyl (C=O) groups is 2. The first kappa shape index (κ1) is 15.4. The summed E-state index contributed by atoms with van der Waals surface area (Å²) in [4.78, 5) is 25.9. The van der Waals surface area contributed by atoms with E-state index in [1.165, 1.54) is 10.5 Å². The molecule has 1 fully saturated rings. The Morgan fingerprint density at radius 1 is 0.913 bits per heavy atom. The molecule has 4 nitrogen and oxygen atoms in total. The first-order valence-electron chi connectivity index (χ1n) is 7.87. The predicted molar refractivity (Wildman–Crippen MR) is 88.3 cm³/mol. The van der Waals surface area contributed by atoms with Gasteiger partial charge in [0.15, 0.2) is 0 Å². The van der Waals surface area contributed by atoms with Gasteiger partial charge in [0.1, 0.15) is 0 Å². The highest BCUT2D eigenvalue weighted by Crippen LogP contribution is 2.21. The van der Waals surface area contributed by atoms with Crippen LogP contribution in [0, 0.1) is 5.92 Å². The zero-order chi connectivity index (χ0) is 16.1. The van der Waals surface area contributed by atoms with Crippen molar-refractivity contribution in [3.63, 3.8) is 0 Å². The molecule has 0 spiro atoms. The molecule has 0 aliphatic carbocycles. The number of rotatable bonds is 6. The molecule has 1 heterocycles. The van der Waals surface area contributed by atoms with Crippen LogP contribution in [0.2, 0.25) is 0 Å². The van der Waals surface area contributed by atoms with Crippen LogP contribution in [-0.2, 0) is 22.7 Å². The van der Waals surface area contributed by atoms with Crippen molar-refractivity contribution < 1.29 is 9.59 Å². The Morgan fingerprint density at radius 2 is 1.52 bits per heavy atom. The average molecular weight is 308 g/mol. The molecule has 2 aromatic carbocycles. The number of hydrogen-bond donors (Lipinski definition) is 1. The molecule has 2 aromatic rings. The summed E-state index contributed by atoms with van der Waals surface area (Å²) in [6.45, 7) is 1.61. The number of likely N-dealkylation sites (tertiary alicyclic amines) is 1. The lowest BCUT2D eigenvalue weighted by molar-refractivity contribution is -0.140. The smallest absolute Gasteiger partial charge is 0.234 e. The molecule has 23 heavy (non-hydrogen) atoms. The van der Waals surface area contributed by atoms with Crippen molar-refractivity contribution in [1.29, 1.82) is 0 Å². The van der Waals surface area contributed by atoms with E-state index < -0.39 is 0 Å². The lowest BCUT2D eigenvalue weighted by Gasteiger charge is -2.15.